The number of carbonyl (C=O) groups excluding carboxylic acids is 1. The second kappa shape index (κ2) is 6.52. The number of aromatic nitrogens is 1. The molecule has 1 aromatic heterocycles. The van der Waals surface area contributed by atoms with Gasteiger partial charge in [0.15, 0.2) is 0 Å². The lowest BCUT2D eigenvalue weighted by atomic mass is 10.1. The van der Waals surface area contributed by atoms with Gasteiger partial charge in [-0.25, -0.2) is 0 Å². The molecule has 104 valence electrons. The lowest BCUT2D eigenvalue weighted by Gasteiger charge is -2.09. The number of rotatable bonds is 4. The van der Waals surface area contributed by atoms with Crippen LogP contribution in [0.15, 0.2) is 41.0 Å². The molecule has 0 spiro atoms. The molecule has 1 amide bonds. The smallest absolute Gasteiger partial charge is 0.251 e. The number of nitrogens with zero attached hydrogens (tertiary/aromatic N) is 1. The van der Waals surface area contributed by atoms with Crippen LogP contribution in [-0.2, 0) is 13.0 Å². The molecular formula is C15H16BrN3O. The fourth-order valence-corrected chi connectivity index (χ4v) is 2.15. The molecule has 20 heavy (non-hydrogen) atoms. The maximum Gasteiger partial charge on any atom is 0.251 e. The van der Waals surface area contributed by atoms with Gasteiger partial charge in [-0.1, -0.05) is 13.0 Å². The Balaban J connectivity index is 2.06. The number of hydrogen-bond donors (Lipinski definition) is 2. The quantitative estimate of drug-likeness (QED) is 0.845. The molecule has 0 aliphatic heterocycles. The molecule has 2 aromatic rings. The average Bonchev–Trinajstić information content (AvgIpc) is 2.47. The van der Waals surface area contributed by atoms with Gasteiger partial charge in [0, 0.05) is 21.9 Å². The summed E-state index contributed by atoms with van der Waals surface area (Å²) in [5, 5.41) is 2.86. The Morgan fingerprint density at radius 2 is 2.20 bits per heavy atom. The molecule has 0 saturated heterocycles. The molecule has 5 heteroatoms. The van der Waals surface area contributed by atoms with Crippen LogP contribution in [0.25, 0.3) is 0 Å². The van der Waals surface area contributed by atoms with Gasteiger partial charge in [-0.15, -0.1) is 0 Å². The van der Waals surface area contributed by atoms with Crippen LogP contribution in [0.1, 0.15) is 28.5 Å². The Bertz CT molecular complexity index is 628. The van der Waals surface area contributed by atoms with Crippen LogP contribution in [0.4, 0.5) is 5.69 Å². The molecule has 4 nitrogen and oxygen atoms in total. The molecule has 0 fully saturated rings. The van der Waals surface area contributed by atoms with Crippen LogP contribution in [0, 0.1) is 0 Å². The van der Waals surface area contributed by atoms with Gasteiger partial charge in [0.25, 0.3) is 5.91 Å². The molecule has 0 atom stereocenters. The van der Waals surface area contributed by atoms with E-state index >= 15 is 0 Å². The maximum atomic E-state index is 12.1. The van der Waals surface area contributed by atoms with Gasteiger partial charge in [-0.2, -0.15) is 0 Å². The van der Waals surface area contributed by atoms with Gasteiger partial charge in [0.1, 0.15) is 0 Å². The average molecular weight is 334 g/mol. The number of nitrogen functional groups attached to an aromatic ring is 1. The third-order valence-electron chi connectivity index (χ3n) is 3.04. The van der Waals surface area contributed by atoms with E-state index in [1.165, 1.54) is 0 Å². The third kappa shape index (κ3) is 3.36. The second-order valence-corrected chi connectivity index (χ2v) is 5.24. The van der Waals surface area contributed by atoms with Gasteiger partial charge in [-0.05, 0) is 52.2 Å². The second-order valence-electron chi connectivity index (χ2n) is 4.38. The Morgan fingerprint density at radius 3 is 2.90 bits per heavy atom. The third-order valence-corrected chi connectivity index (χ3v) is 3.76. The van der Waals surface area contributed by atoms with Crippen molar-refractivity contribution in [3.63, 3.8) is 0 Å². The zero-order chi connectivity index (χ0) is 14.5. The van der Waals surface area contributed by atoms with Crippen molar-refractivity contribution in [2.45, 2.75) is 19.9 Å². The predicted octanol–water partition coefficient (Wildman–Crippen LogP) is 2.92. The van der Waals surface area contributed by atoms with E-state index in [9.17, 15) is 4.79 Å². The van der Waals surface area contributed by atoms with Crippen LogP contribution < -0.4 is 11.1 Å². The SMILES string of the molecule is CCc1cccnc1CNC(=O)c1ccc(Br)c(N)c1. The minimum atomic E-state index is -0.156. The number of anilines is 1. The normalized spacial score (nSPS) is 10.3. The molecule has 1 heterocycles. The molecule has 0 unspecified atom stereocenters. The van der Waals surface area contributed by atoms with Crippen molar-refractivity contribution < 1.29 is 4.79 Å². The van der Waals surface area contributed by atoms with E-state index in [1.807, 2.05) is 12.1 Å². The number of carbonyl (C=O) groups is 1. The van der Waals surface area contributed by atoms with Gasteiger partial charge >= 0.3 is 0 Å². The zero-order valence-electron chi connectivity index (χ0n) is 11.2. The lowest BCUT2D eigenvalue weighted by Crippen LogP contribution is -2.24. The van der Waals surface area contributed by atoms with E-state index < -0.39 is 0 Å². The van der Waals surface area contributed by atoms with Crippen molar-refractivity contribution in [2.24, 2.45) is 0 Å². The Labute approximate surface area is 126 Å². The number of hydrogen-bond acceptors (Lipinski definition) is 3. The zero-order valence-corrected chi connectivity index (χ0v) is 12.8. The van der Waals surface area contributed by atoms with Gasteiger partial charge in [0.05, 0.1) is 12.2 Å². The van der Waals surface area contributed by atoms with Crippen molar-refractivity contribution >= 4 is 27.5 Å². The number of nitrogens with one attached hydrogen (secondary N) is 1. The van der Waals surface area contributed by atoms with Gasteiger partial charge in [0.2, 0.25) is 0 Å². The summed E-state index contributed by atoms with van der Waals surface area (Å²) in [4.78, 5) is 16.4. The summed E-state index contributed by atoms with van der Waals surface area (Å²) in [6.07, 6.45) is 2.63. The highest BCUT2D eigenvalue weighted by molar-refractivity contribution is 9.10. The molecular weight excluding hydrogens is 318 g/mol. The number of aryl methyl sites for hydroxylation is 1. The summed E-state index contributed by atoms with van der Waals surface area (Å²) in [7, 11) is 0. The minimum Gasteiger partial charge on any atom is -0.398 e. The van der Waals surface area contributed by atoms with Crippen molar-refractivity contribution in [3.05, 3.63) is 57.8 Å². The molecule has 2 rings (SSSR count). The highest BCUT2D eigenvalue weighted by Gasteiger charge is 2.08. The van der Waals surface area contributed by atoms with Gasteiger partial charge < -0.3 is 11.1 Å². The predicted molar refractivity (Wildman–Crippen MR) is 83.3 cm³/mol. The van der Waals surface area contributed by atoms with Crippen LogP contribution in [0.3, 0.4) is 0 Å². The molecule has 0 saturated carbocycles. The first-order chi connectivity index (χ1) is 9.61. The number of benzene rings is 1. The van der Waals surface area contributed by atoms with E-state index in [2.05, 4.69) is 33.2 Å². The maximum absolute atomic E-state index is 12.1. The molecule has 0 aliphatic rings. The van der Waals surface area contributed by atoms with Crippen LogP contribution in [-0.4, -0.2) is 10.9 Å². The Morgan fingerprint density at radius 1 is 1.40 bits per heavy atom. The van der Waals surface area contributed by atoms with E-state index in [1.54, 1.807) is 24.4 Å². The number of halogens is 1. The standard InChI is InChI=1S/C15H16BrN3O/c1-2-10-4-3-7-18-14(10)9-19-15(20)11-5-6-12(16)13(17)8-11/h3-8H,2,9,17H2,1H3,(H,19,20). The first kappa shape index (κ1) is 14.5. The van der Waals surface area contributed by atoms with E-state index in [0.29, 0.717) is 17.8 Å². The largest absolute Gasteiger partial charge is 0.398 e. The van der Waals surface area contributed by atoms with Crippen molar-refractivity contribution in [1.82, 2.24) is 10.3 Å². The summed E-state index contributed by atoms with van der Waals surface area (Å²) >= 11 is 3.31. The highest BCUT2D eigenvalue weighted by atomic mass is 79.9. The van der Waals surface area contributed by atoms with Crippen LogP contribution in [0.5, 0.6) is 0 Å². The Hall–Kier alpha value is -1.88. The molecule has 0 radical (unpaired) electrons. The highest BCUT2D eigenvalue weighted by Crippen LogP contribution is 2.20. The molecule has 1 aromatic carbocycles. The summed E-state index contributed by atoms with van der Waals surface area (Å²) in [6.45, 7) is 2.48. The number of nitrogens with two attached hydrogens (primary N) is 1. The van der Waals surface area contributed by atoms with Crippen molar-refractivity contribution in [1.29, 1.82) is 0 Å². The first-order valence-corrected chi connectivity index (χ1v) is 7.17. The molecule has 0 bridgehead atoms. The fraction of sp³-hybridized carbons (Fsp3) is 0.200. The van der Waals surface area contributed by atoms with E-state index in [0.717, 1.165) is 22.2 Å². The van der Waals surface area contributed by atoms with Crippen molar-refractivity contribution in [2.75, 3.05) is 5.73 Å². The summed E-state index contributed by atoms with van der Waals surface area (Å²) in [6, 6.07) is 9.07. The number of pyridine rings is 1. The molecule has 3 N–H and O–H groups in total. The fourth-order valence-electron chi connectivity index (χ4n) is 1.90. The van der Waals surface area contributed by atoms with Crippen molar-refractivity contribution in [3.8, 4) is 0 Å². The summed E-state index contributed by atoms with van der Waals surface area (Å²) < 4.78 is 0.784. The Kier molecular flexibility index (Phi) is 4.74. The van der Waals surface area contributed by atoms with E-state index in [-0.39, 0.29) is 5.91 Å². The van der Waals surface area contributed by atoms with Crippen LogP contribution in [0.2, 0.25) is 0 Å². The lowest BCUT2D eigenvalue weighted by molar-refractivity contribution is 0.0950. The molecule has 0 aliphatic carbocycles. The topological polar surface area (TPSA) is 68.0 Å². The van der Waals surface area contributed by atoms with E-state index in [4.69, 9.17) is 5.73 Å². The summed E-state index contributed by atoms with van der Waals surface area (Å²) in [5.41, 5.74) is 8.90. The van der Waals surface area contributed by atoms with Gasteiger partial charge in [-0.3, -0.25) is 9.78 Å². The minimum absolute atomic E-state index is 0.156. The summed E-state index contributed by atoms with van der Waals surface area (Å²) in [5.74, 6) is -0.156. The first-order valence-electron chi connectivity index (χ1n) is 6.37. The van der Waals surface area contributed by atoms with Crippen LogP contribution >= 0.6 is 15.9 Å². The number of amides is 1. The monoisotopic (exact) mass is 333 g/mol.